The number of sulfonamides is 1. The summed E-state index contributed by atoms with van der Waals surface area (Å²) in [5.41, 5.74) is 4.71. The topological polar surface area (TPSA) is 37.4 Å². The van der Waals surface area contributed by atoms with Gasteiger partial charge in [0.05, 0.1) is 17.1 Å². The van der Waals surface area contributed by atoms with Gasteiger partial charge in [-0.15, -0.1) is 0 Å². The molecule has 3 aromatic carbocycles. The molecule has 0 bridgehead atoms. The van der Waals surface area contributed by atoms with E-state index < -0.39 is 10.0 Å². The number of halogens is 2. The molecule has 0 spiro atoms. The van der Waals surface area contributed by atoms with E-state index in [1.807, 2.05) is 81.4 Å². The number of nitrogens with zero attached hydrogens (tertiary/aromatic N) is 1. The molecule has 0 atom stereocenters. The molecule has 30 heavy (non-hydrogen) atoms. The average molecular weight is 549 g/mol. The monoisotopic (exact) mass is 547 g/mol. The van der Waals surface area contributed by atoms with Gasteiger partial charge in [0, 0.05) is 8.96 Å². The van der Waals surface area contributed by atoms with E-state index in [4.69, 9.17) is 0 Å². The normalized spacial score (nSPS) is 12.1. The van der Waals surface area contributed by atoms with E-state index in [1.165, 1.54) is 9.87 Å². The summed E-state index contributed by atoms with van der Waals surface area (Å²) in [6.45, 7) is 6.07. The summed E-state index contributed by atoms with van der Waals surface area (Å²) in [6.07, 6.45) is 1.95. The molecule has 0 amide bonds. The Hall–Kier alpha value is -1.89. The van der Waals surface area contributed by atoms with Gasteiger partial charge in [0.15, 0.2) is 0 Å². The van der Waals surface area contributed by atoms with E-state index >= 15 is 0 Å². The van der Waals surface area contributed by atoms with Crippen LogP contribution in [0.4, 0.5) is 5.69 Å². The molecule has 3 rings (SSSR count). The van der Waals surface area contributed by atoms with Crippen LogP contribution in [0.2, 0.25) is 0 Å². The van der Waals surface area contributed by atoms with Crippen molar-refractivity contribution in [1.29, 1.82) is 0 Å². The third-order valence-electron chi connectivity index (χ3n) is 4.74. The molecule has 6 heteroatoms. The molecule has 0 saturated heterocycles. The van der Waals surface area contributed by atoms with Gasteiger partial charge < -0.3 is 0 Å². The van der Waals surface area contributed by atoms with Crippen LogP contribution in [0.5, 0.6) is 0 Å². The second kappa shape index (κ2) is 9.50. The molecule has 0 fully saturated rings. The predicted octanol–water partition coefficient (Wildman–Crippen LogP) is 7.01. The summed E-state index contributed by atoms with van der Waals surface area (Å²) < 4.78 is 30.2. The van der Waals surface area contributed by atoms with E-state index in [-0.39, 0.29) is 11.4 Å². The van der Waals surface area contributed by atoms with Crippen molar-refractivity contribution in [2.75, 3.05) is 10.8 Å². The minimum absolute atomic E-state index is 0.182. The molecule has 0 radical (unpaired) electrons. The Labute approximate surface area is 195 Å². The number of rotatable bonds is 6. The van der Waals surface area contributed by atoms with Crippen molar-refractivity contribution in [1.82, 2.24) is 0 Å². The van der Waals surface area contributed by atoms with Crippen LogP contribution >= 0.6 is 31.9 Å². The van der Waals surface area contributed by atoms with E-state index in [1.54, 1.807) is 12.1 Å². The first-order chi connectivity index (χ1) is 14.2. The van der Waals surface area contributed by atoms with Gasteiger partial charge in [-0.2, -0.15) is 0 Å². The zero-order valence-electron chi connectivity index (χ0n) is 17.1. The SMILES string of the molecule is Cc1ccc(/C=C(\Br)CN(c2cc(Br)ccc2C)S(=O)(=O)c2ccc(C)cc2)cc1. The molecule has 0 saturated carbocycles. The number of hydrogen-bond donors (Lipinski definition) is 0. The van der Waals surface area contributed by atoms with Crippen LogP contribution in [0, 0.1) is 20.8 Å². The van der Waals surface area contributed by atoms with Crippen molar-refractivity contribution in [2.24, 2.45) is 0 Å². The summed E-state index contributed by atoms with van der Waals surface area (Å²) >= 11 is 7.07. The van der Waals surface area contributed by atoms with Crippen molar-refractivity contribution in [3.8, 4) is 0 Å². The lowest BCUT2D eigenvalue weighted by Gasteiger charge is -2.26. The molecule has 0 aliphatic heterocycles. The Bertz CT molecular complexity index is 1170. The number of benzene rings is 3. The van der Waals surface area contributed by atoms with Gasteiger partial charge >= 0.3 is 0 Å². The molecular formula is C24H23Br2NO2S. The lowest BCUT2D eigenvalue weighted by molar-refractivity contribution is 0.592. The summed E-state index contributed by atoms with van der Waals surface area (Å²) in [7, 11) is -3.76. The van der Waals surface area contributed by atoms with Crippen LogP contribution in [0.15, 0.2) is 80.6 Å². The fourth-order valence-electron chi connectivity index (χ4n) is 3.01. The molecule has 0 N–H and O–H groups in total. The molecular weight excluding hydrogens is 526 g/mol. The van der Waals surface area contributed by atoms with Gasteiger partial charge in [-0.05, 0) is 62.2 Å². The second-order valence-corrected chi connectivity index (χ2v) is 11.1. The molecule has 0 heterocycles. The highest BCUT2D eigenvalue weighted by Crippen LogP contribution is 2.31. The first kappa shape index (κ1) is 22.8. The minimum atomic E-state index is -3.76. The van der Waals surface area contributed by atoms with Gasteiger partial charge in [-0.25, -0.2) is 8.42 Å². The fourth-order valence-corrected chi connectivity index (χ4v) is 5.54. The van der Waals surface area contributed by atoms with Crippen LogP contribution in [-0.4, -0.2) is 15.0 Å². The Morgan fingerprint density at radius 2 is 1.47 bits per heavy atom. The van der Waals surface area contributed by atoms with Gasteiger partial charge in [0.25, 0.3) is 10.0 Å². The zero-order chi connectivity index (χ0) is 21.9. The first-order valence-electron chi connectivity index (χ1n) is 9.45. The second-order valence-electron chi connectivity index (χ2n) is 7.26. The number of hydrogen-bond acceptors (Lipinski definition) is 2. The molecule has 3 aromatic rings. The van der Waals surface area contributed by atoms with Crippen LogP contribution in [0.3, 0.4) is 0 Å². The van der Waals surface area contributed by atoms with Gasteiger partial charge in [-0.1, -0.05) is 85.5 Å². The van der Waals surface area contributed by atoms with Gasteiger partial charge in [0.1, 0.15) is 0 Å². The lowest BCUT2D eigenvalue weighted by Crippen LogP contribution is -2.32. The molecule has 3 nitrogen and oxygen atoms in total. The molecule has 0 aliphatic rings. The highest BCUT2D eigenvalue weighted by molar-refractivity contribution is 9.11. The van der Waals surface area contributed by atoms with E-state index in [0.29, 0.717) is 5.69 Å². The van der Waals surface area contributed by atoms with E-state index in [0.717, 1.165) is 25.6 Å². The highest BCUT2D eigenvalue weighted by atomic mass is 79.9. The Balaban J connectivity index is 2.06. The summed E-state index contributed by atoms with van der Waals surface area (Å²) in [5, 5.41) is 0. The summed E-state index contributed by atoms with van der Waals surface area (Å²) in [6, 6.07) is 20.7. The van der Waals surface area contributed by atoms with Crippen LogP contribution in [0.1, 0.15) is 22.3 Å². The van der Waals surface area contributed by atoms with Crippen molar-refractivity contribution < 1.29 is 8.42 Å². The standard InChI is InChI=1S/C24H23Br2NO2S/c1-17-4-9-20(10-5-17)14-22(26)16-27(24-15-21(25)11-8-19(24)3)30(28,29)23-12-6-18(2)7-13-23/h4-15H,16H2,1-3H3/b22-14-. The molecule has 156 valence electrons. The predicted molar refractivity (Wildman–Crippen MR) is 133 cm³/mol. The van der Waals surface area contributed by atoms with Crippen LogP contribution in [0.25, 0.3) is 6.08 Å². The van der Waals surface area contributed by atoms with Crippen molar-refractivity contribution in [3.63, 3.8) is 0 Å². The number of aryl methyl sites for hydroxylation is 3. The quantitative estimate of drug-likeness (QED) is 0.332. The molecule has 0 aliphatic carbocycles. The third kappa shape index (κ3) is 5.42. The van der Waals surface area contributed by atoms with Gasteiger partial charge in [-0.3, -0.25) is 4.31 Å². The maximum Gasteiger partial charge on any atom is 0.264 e. The van der Waals surface area contributed by atoms with Crippen molar-refractivity contribution >= 4 is 53.6 Å². The van der Waals surface area contributed by atoms with Gasteiger partial charge in [0.2, 0.25) is 0 Å². The largest absolute Gasteiger partial charge is 0.264 e. The Morgan fingerprint density at radius 1 is 0.900 bits per heavy atom. The molecule has 0 aromatic heterocycles. The minimum Gasteiger partial charge on any atom is -0.261 e. The van der Waals surface area contributed by atoms with E-state index in [9.17, 15) is 8.42 Å². The molecule has 0 unspecified atom stereocenters. The average Bonchev–Trinajstić information content (AvgIpc) is 2.70. The number of anilines is 1. The maximum atomic E-state index is 13.6. The van der Waals surface area contributed by atoms with E-state index in [2.05, 4.69) is 31.9 Å². The maximum absolute atomic E-state index is 13.6. The lowest BCUT2D eigenvalue weighted by atomic mass is 10.1. The third-order valence-corrected chi connectivity index (χ3v) is 7.49. The van der Waals surface area contributed by atoms with Crippen molar-refractivity contribution in [2.45, 2.75) is 25.7 Å². The highest BCUT2D eigenvalue weighted by Gasteiger charge is 2.27. The Morgan fingerprint density at radius 3 is 2.07 bits per heavy atom. The first-order valence-corrected chi connectivity index (χ1v) is 12.5. The summed E-state index contributed by atoms with van der Waals surface area (Å²) in [4.78, 5) is 0.267. The fraction of sp³-hybridized carbons (Fsp3) is 0.167. The van der Waals surface area contributed by atoms with Crippen LogP contribution in [-0.2, 0) is 10.0 Å². The Kier molecular flexibility index (Phi) is 7.22. The smallest absolute Gasteiger partial charge is 0.261 e. The van der Waals surface area contributed by atoms with Crippen molar-refractivity contribution in [3.05, 3.63) is 97.9 Å². The summed E-state index contributed by atoms with van der Waals surface area (Å²) in [5.74, 6) is 0. The van der Waals surface area contributed by atoms with Crippen LogP contribution < -0.4 is 4.31 Å². The zero-order valence-corrected chi connectivity index (χ0v) is 21.1.